The average Bonchev–Trinajstić information content (AvgIpc) is 3.30. The summed E-state index contributed by atoms with van der Waals surface area (Å²) in [6.45, 7) is 0.140. The summed E-state index contributed by atoms with van der Waals surface area (Å²) >= 11 is 6.81. The second-order valence-electron chi connectivity index (χ2n) is 5.14. The minimum atomic E-state index is -3.69. The zero-order chi connectivity index (χ0) is 18.7. The first-order valence-corrected chi connectivity index (χ1v) is 9.96. The van der Waals surface area contributed by atoms with Gasteiger partial charge in [-0.05, 0) is 29.8 Å². The summed E-state index contributed by atoms with van der Waals surface area (Å²) < 4.78 is 37.1. The molecule has 3 rings (SSSR count). The molecule has 2 heterocycles. The van der Waals surface area contributed by atoms with Crippen molar-refractivity contribution in [1.29, 1.82) is 0 Å². The molecule has 0 aliphatic rings. The maximum Gasteiger partial charge on any atom is 0.360 e. The lowest BCUT2D eigenvalue weighted by atomic mass is 10.2. The van der Waals surface area contributed by atoms with Crippen LogP contribution in [0.3, 0.4) is 0 Å². The summed E-state index contributed by atoms with van der Waals surface area (Å²) in [6, 6.07) is 11.3. The van der Waals surface area contributed by atoms with Crippen LogP contribution in [0.25, 0.3) is 10.6 Å². The zero-order valence-corrected chi connectivity index (χ0v) is 15.8. The Morgan fingerprint density at radius 1 is 1.27 bits per heavy atom. The van der Waals surface area contributed by atoms with Gasteiger partial charge in [0, 0.05) is 17.6 Å². The first-order valence-electron chi connectivity index (χ1n) is 7.28. The van der Waals surface area contributed by atoms with Crippen molar-refractivity contribution in [3.05, 3.63) is 58.7 Å². The van der Waals surface area contributed by atoms with Crippen LogP contribution in [0.15, 0.2) is 51.2 Å². The minimum absolute atomic E-state index is 0.0150. The number of aromatic nitrogens is 1. The summed E-state index contributed by atoms with van der Waals surface area (Å²) in [5, 5.41) is 4.18. The minimum Gasteiger partial charge on any atom is -0.464 e. The van der Waals surface area contributed by atoms with Crippen LogP contribution in [-0.4, -0.2) is 26.7 Å². The number of hydrogen-bond acceptors (Lipinski definition) is 7. The molecule has 0 spiro atoms. The number of nitrogens with one attached hydrogen (secondary N) is 1. The number of carbonyl (C=O) groups is 1. The monoisotopic (exact) mass is 412 g/mol. The van der Waals surface area contributed by atoms with Gasteiger partial charge in [0.15, 0.2) is 11.5 Å². The highest BCUT2D eigenvalue weighted by molar-refractivity contribution is 7.91. The number of benzene rings is 1. The van der Waals surface area contributed by atoms with Crippen molar-refractivity contribution < 1.29 is 22.5 Å². The van der Waals surface area contributed by atoms with Crippen LogP contribution in [0.2, 0.25) is 5.02 Å². The topological polar surface area (TPSA) is 98.5 Å². The fourth-order valence-corrected chi connectivity index (χ4v) is 4.48. The van der Waals surface area contributed by atoms with E-state index < -0.39 is 16.0 Å². The van der Waals surface area contributed by atoms with Gasteiger partial charge in [-0.1, -0.05) is 28.9 Å². The number of nitrogens with zero attached hydrogens (tertiary/aromatic N) is 1. The van der Waals surface area contributed by atoms with Crippen molar-refractivity contribution in [2.45, 2.75) is 10.8 Å². The third kappa shape index (κ3) is 4.13. The number of ether oxygens (including phenoxy) is 1. The van der Waals surface area contributed by atoms with Crippen LogP contribution in [0.5, 0.6) is 0 Å². The highest BCUT2D eigenvalue weighted by Gasteiger charge is 2.20. The van der Waals surface area contributed by atoms with E-state index in [1.54, 1.807) is 30.3 Å². The number of halogens is 1. The highest BCUT2D eigenvalue weighted by atomic mass is 35.5. The lowest BCUT2D eigenvalue weighted by molar-refractivity contribution is 0.0589. The van der Waals surface area contributed by atoms with Crippen molar-refractivity contribution >= 4 is 38.9 Å². The Bertz CT molecular complexity index is 1030. The molecule has 10 heteroatoms. The van der Waals surface area contributed by atoms with Crippen LogP contribution in [-0.2, 0) is 21.3 Å². The number of methoxy groups -OCH3 is 1. The van der Waals surface area contributed by atoms with E-state index in [1.165, 1.54) is 19.2 Å². The Balaban J connectivity index is 1.74. The molecule has 3 aromatic rings. The molecule has 26 heavy (non-hydrogen) atoms. The second kappa shape index (κ2) is 7.58. The molecule has 0 amide bonds. The number of sulfonamides is 1. The zero-order valence-electron chi connectivity index (χ0n) is 13.4. The largest absolute Gasteiger partial charge is 0.464 e. The smallest absolute Gasteiger partial charge is 0.360 e. The van der Waals surface area contributed by atoms with Gasteiger partial charge >= 0.3 is 5.97 Å². The molecule has 0 bridgehead atoms. The molecular weight excluding hydrogens is 400 g/mol. The summed E-state index contributed by atoms with van der Waals surface area (Å²) in [7, 11) is -2.45. The molecule has 2 aromatic heterocycles. The highest BCUT2D eigenvalue weighted by Crippen LogP contribution is 2.31. The maximum atomic E-state index is 12.4. The number of hydrogen-bond donors (Lipinski definition) is 1. The third-order valence-electron chi connectivity index (χ3n) is 3.37. The van der Waals surface area contributed by atoms with Gasteiger partial charge in [0.05, 0.1) is 12.0 Å². The summed E-state index contributed by atoms with van der Waals surface area (Å²) in [5.41, 5.74) is 0.800. The van der Waals surface area contributed by atoms with E-state index in [0.29, 0.717) is 9.90 Å². The fraction of sp³-hybridized carbons (Fsp3) is 0.125. The van der Waals surface area contributed by atoms with Crippen molar-refractivity contribution in [2.75, 3.05) is 7.11 Å². The molecule has 1 aromatic carbocycles. The van der Waals surface area contributed by atoms with Gasteiger partial charge in [-0.2, -0.15) is 0 Å². The SMILES string of the molecule is COC(=O)c1cc(-c2ccc(S(=O)(=O)NCc3ccc(Cl)cc3)s2)on1. The molecular formula is C16H13ClN2O5S2. The van der Waals surface area contributed by atoms with E-state index in [1.807, 2.05) is 0 Å². The maximum absolute atomic E-state index is 12.4. The van der Waals surface area contributed by atoms with Gasteiger partial charge in [0.2, 0.25) is 10.0 Å². The summed E-state index contributed by atoms with van der Waals surface area (Å²) in [5.74, 6) is -0.344. The molecule has 136 valence electrons. The van der Waals surface area contributed by atoms with Gasteiger partial charge in [-0.15, -0.1) is 11.3 Å². The third-order valence-corrected chi connectivity index (χ3v) is 6.62. The van der Waals surface area contributed by atoms with Crippen LogP contribution in [0, 0.1) is 0 Å². The van der Waals surface area contributed by atoms with E-state index in [-0.39, 0.29) is 22.2 Å². The molecule has 0 saturated carbocycles. The van der Waals surface area contributed by atoms with Gasteiger partial charge in [-0.25, -0.2) is 17.9 Å². The molecule has 0 atom stereocenters. The number of carbonyl (C=O) groups excluding carboxylic acids is 1. The Kier molecular flexibility index (Phi) is 5.42. The molecule has 0 fully saturated rings. The Morgan fingerprint density at radius 2 is 2.00 bits per heavy atom. The molecule has 0 saturated heterocycles. The quantitative estimate of drug-likeness (QED) is 0.623. The number of esters is 1. The van der Waals surface area contributed by atoms with Crippen LogP contribution < -0.4 is 4.72 Å². The fourth-order valence-electron chi connectivity index (χ4n) is 2.04. The Labute approximate surface area is 158 Å². The Morgan fingerprint density at radius 3 is 2.69 bits per heavy atom. The molecule has 0 aliphatic heterocycles. The molecule has 0 radical (unpaired) electrons. The van der Waals surface area contributed by atoms with Gasteiger partial charge in [0.1, 0.15) is 4.21 Å². The van der Waals surface area contributed by atoms with E-state index in [0.717, 1.165) is 16.9 Å². The average molecular weight is 413 g/mol. The van der Waals surface area contributed by atoms with E-state index in [4.69, 9.17) is 16.1 Å². The van der Waals surface area contributed by atoms with Crippen LogP contribution >= 0.6 is 22.9 Å². The van der Waals surface area contributed by atoms with E-state index in [2.05, 4.69) is 14.6 Å². The molecule has 0 aliphatic carbocycles. The Hall–Kier alpha value is -2.20. The number of rotatable bonds is 6. The number of thiophene rings is 1. The van der Waals surface area contributed by atoms with Crippen molar-refractivity contribution in [2.24, 2.45) is 0 Å². The predicted molar refractivity (Wildman–Crippen MR) is 96.6 cm³/mol. The van der Waals surface area contributed by atoms with Crippen molar-refractivity contribution in [3.63, 3.8) is 0 Å². The second-order valence-corrected chi connectivity index (χ2v) is 8.65. The summed E-state index contributed by atoms with van der Waals surface area (Å²) in [4.78, 5) is 11.9. The lowest BCUT2D eigenvalue weighted by Crippen LogP contribution is -2.22. The van der Waals surface area contributed by atoms with Gasteiger partial charge < -0.3 is 9.26 Å². The normalized spacial score (nSPS) is 11.5. The van der Waals surface area contributed by atoms with Crippen molar-refractivity contribution in [1.82, 2.24) is 9.88 Å². The van der Waals surface area contributed by atoms with E-state index in [9.17, 15) is 13.2 Å². The van der Waals surface area contributed by atoms with E-state index >= 15 is 0 Å². The first kappa shape index (κ1) is 18.6. The standard InChI is InChI=1S/C16H13ClN2O5S2/c1-23-16(20)12-8-13(24-19-12)14-6-7-15(25-14)26(21,22)18-9-10-2-4-11(17)5-3-10/h2-8,18H,9H2,1H3. The molecule has 7 nitrogen and oxygen atoms in total. The molecule has 1 N–H and O–H groups in total. The lowest BCUT2D eigenvalue weighted by Gasteiger charge is -2.04. The van der Waals surface area contributed by atoms with Gasteiger partial charge in [0.25, 0.3) is 0 Å². The van der Waals surface area contributed by atoms with Gasteiger partial charge in [-0.3, -0.25) is 0 Å². The van der Waals surface area contributed by atoms with Crippen LogP contribution in [0.4, 0.5) is 0 Å². The van der Waals surface area contributed by atoms with Crippen LogP contribution in [0.1, 0.15) is 16.1 Å². The summed E-state index contributed by atoms with van der Waals surface area (Å²) in [6.07, 6.45) is 0. The first-order chi connectivity index (χ1) is 12.4. The molecule has 0 unspecified atom stereocenters. The van der Waals surface area contributed by atoms with Crippen molar-refractivity contribution in [3.8, 4) is 10.6 Å². The predicted octanol–water partition coefficient (Wildman–Crippen LogP) is 3.32.